The summed E-state index contributed by atoms with van der Waals surface area (Å²) in [5.74, 6) is 0.755. The molecule has 0 aliphatic rings. The summed E-state index contributed by atoms with van der Waals surface area (Å²) in [6.07, 6.45) is 3.98. The van der Waals surface area contributed by atoms with Gasteiger partial charge in [-0.15, -0.1) is 0 Å². The zero-order valence-electron chi connectivity index (χ0n) is 14.0. The van der Waals surface area contributed by atoms with Gasteiger partial charge in [-0.1, -0.05) is 17.7 Å². The highest BCUT2D eigenvalue weighted by Gasteiger charge is 2.10. The third kappa shape index (κ3) is 5.26. The van der Waals surface area contributed by atoms with Crippen LogP contribution in [0.3, 0.4) is 0 Å². The second-order valence-electron chi connectivity index (χ2n) is 5.45. The summed E-state index contributed by atoms with van der Waals surface area (Å²) in [6.45, 7) is 0.00684. The summed E-state index contributed by atoms with van der Waals surface area (Å²) < 4.78 is 31.5. The molecule has 0 fully saturated rings. The van der Waals surface area contributed by atoms with Crippen molar-refractivity contribution >= 4 is 5.96 Å². The highest BCUT2D eigenvalue weighted by atomic mass is 19.3. The van der Waals surface area contributed by atoms with Crippen molar-refractivity contribution in [1.82, 2.24) is 15.2 Å². The number of aryl methyl sites for hydroxylation is 2. The van der Waals surface area contributed by atoms with Crippen molar-refractivity contribution in [3.05, 3.63) is 53.3 Å². The molecule has 0 spiro atoms. The summed E-state index contributed by atoms with van der Waals surface area (Å²) in [6, 6.07) is 7.12. The number of ether oxygens (including phenoxy) is 1. The molecule has 2 N–H and O–H groups in total. The number of nitrogens with one attached hydrogen (secondary N) is 2. The Morgan fingerprint density at radius 3 is 2.62 bits per heavy atom. The molecule has 1 aromatic carbocycles. The van der Waals surface area contributed by atoms with Gasteiger partial charge in [0.05, 0.1) is 0 Å². The summed E-state index contributed by atoms with van der Waals surface area (Å²) in [5, 5.41) is 6.29. The standard InChI is InChI=1S/C17H22F2N4O/c1-12-4-5-15(24-16(18)19)14(8-12)10-22-17(20-2)21-9-13-6-7-23(3)11-13/h4-8,11,16H,9-10H2,1-3H3,(H2,20,21,22). The van der Waals surface area contributed by atoms with Crippen LogP contribution in [-0.2, 0) is 20.1 Å². The summed E-state index contributed by atoms with van der Waals surface area (Å²) in [4.78, 5) is 4.14. The van der Waals surface area contributed by atoms with E-state index in [1.165, 1.54) is 0 Å². The molecule has 0 amide bonds. The first-order valence-corrected chi connectivity index (χ1v) is 7.57. The normalized spacial score (nSPS) is 11.7. The van der Waals surface area contributed by atoms with Crippen LogP contribution in [0.15, 0.2) is 41.7 Å². The predicted octanol–water partition coefficient (Wildman–Crippen LogP) is 2.80. The van der Waals surface area contributed by atoms with E-state index in [-0.39, 0.29) is 5.75 Å². The van der Waals surface area contributed by atoms with Gasteiger partial charge in [-0.3, -0.25) is 4.99 Å². The number of guanidine groups is 1. The minimum absolute atomic E-state index is 0.168. The Kier molecular flexibility index (Phi) is 6.17. The molecular formula is C17H22F2N4O. The lowest BCUT2D eigenvalue weighted by Crippen LogP contribution is -2.36. The second-order valence-corrected chi connectivity index (χ2v) is 5.45. The van der Waals surface area contributed by atoms with Crippen LogP contribution in [0.5, 0.6) is 5.75 Å². The number of hydrogen-bond donors (Lipinski definition) is 2. The van der Waals surface area contributed by atoms with Gasteiger partial charge >= 0.3 is 6.61 Å². The van der Waals surface area contributed by atoms with Crippen LogP contribution in [0.25, 0.3) is 0 Å². The molecule has 0 aliphatic heterocycles. The highest BCUT2D eigenvalue weighted by Crippen LogP contribution is 2.21. The molecule has 0 bridgehead atoms. The predicted molar refractivity (Wildman–Crippen MR) is 90.3 cm³/mol. The number of hydrogen-bond acceptors (Lipinski definition) is 2. The molecule has 2 aromatic rings. The maximum atomic E-state index is 12.5. The van der Waals surface area contributed by atoms with E-state index in [4.69, 9.17) is 0 Å². The van der Waals surface area contributed by atoms with E-state index in [1.807, 2.05) is 43.1 Å². The molecule has 0 radical (unpaired) electrons. The molecule has 0 aliphatic carbocycles. The zero-order chi connectivity index (χ0) is 17.5. The van der Waals surface area contributed by atoms with Crippen molar-refractivity contribution in [2.24, 2.45) is 12.0 Å². The van der Waals surface area contributed by atoms with Crippen molar-refractivity contribution in [2.45, 2.75) is 26.6 Å². The summed E-state index contributed by atoms with van der Waals surface area (Å²) in [5.41, 5.74) is 2.75. The van der Waals surface area contributed by atoms with Gasteiger partial charge in [0.25, 0.3) is 0 Å². The first kappa shape index (κ1) is 17.8. The van der Waals surface area contributed by atoms with E-state index in [0.717, 1.165) is 11.1 Å². The number of nitrogens with zero attached hydrogens (tertiary/aromatic N) is 2. The van der Waals surface area contributed by atoms with E-state index in [1.54, 1.807) is 19.2 Å². The number of halogens is 2. The average molecular weight is 336 g/mol. The molecule has 7 heteroatoms. The van der Waals surface area contributed by atoms with Gasteiger partial charge in [0, 0.05) is 45.1 Å². The molecular weight excluding hydrogens is 314 g/mol. The van der Waals surface area contributed by atoms with Gasteiger partial charge in [0.1, 0.15) is 5.75 Å². The van der Waals surface area contributed by atoms with Gasteiger partial charge in [-0.05, 0) is 24.6 Å². The first-order valence-electron chi connectivity index (χ1n) is 7.57. The van der Waals surface area contributed by atoms with Crippen LogP contribution >= 0.6 is 0 Å². The van der Waals surface area contributed by atoms with Crippen LogP contribution in [0.1, 0.15) is 16.7 Å². The Labute approximate surface area is 140 Å². The molecule has 24 heavy (non-hydrogen) atoms. The van der Waals surface area contributed by atoms with Gasteiger partial charge in [0.15, 0.2) is 5.96 Å². The number of aliphatic imine (C=N–C) groups is 1. The maximum Gasteiger partial charge on any atom is 0.387 e. The first-order chi connectivity index (χ1) is 11.5. The molecule has 1 heterocycles. The van der Waals surface area contributed by atoms with E-state index >= 15 is 0 Å². The van der Waals surface area contributed by atoms with Crippen molar-refractivity contribution in [3.8, 4) is 5.75 Å². The van der Waals surface area contributed by atoms with Crippen molar-refractivity contribution in [3.63, 3.8) is 0 Å². The molecule has 0 unspecified atom stereocenters. The largest absolute Gasteiger partial charge is 0.434 e. The maximum absolute atomic E-state index is 12.5. The van der Waals surface area contributed by atoms with Gasteiger partial charge in [-0.25, -0.2) is 0 Å². The Hall–Kier alpha value is -2.57. The van der Waals surface area contributed by atoms with Gasteiger partial charge in [-0.2, -0.15) is 8.78 Å². The SMILES string of the molecule is CN=C(NCc1ccn(C)c1)NCc1cc(C)ccc1OC(F)F. The average Bonchev–Trinajstić information content (AvgIpc) is 2.95. The highest BCUT2D eigenvalue weighted by molar-refractivity contribution is 5.79. The molecule has 0 saturated heterocycles. The Bertz CT molecular complexity index is 698. The number of benzene rings is 1. The number of alkyl halides is 2. The lowest BCUT2D eigenvalue weighted by molar-refractivity contribution is -0.0504. The van der Waals surface area contributed by atoms with Crippen LogP contribution in [-0.4, -0.2) is 24.2 Å². The fraction of sp³-hybridized carbons (Fsp3) is 0.353. The molecule has 0 saturated carbocycles. The molecule has 1 aromatic heterocycles. The Morgan fingerprint density at radius 2 is 2.00 bits per heavy atom. The minimum atomic E-state index is -2.85. The fourth-order valence-electron chi connectivity index (χ4n) is 2.31. The Balaban J connectivity index is 1.96. The number of rotatable bonds is 6. The van der Waals surface area contributed by atoms with Crippen LogP contribution in [0.4, 0.5) is 8.78 Å². The third-order valence-electron chi connectivity index (χ3n) is 3.46. The summed E-state index contributed by atoms with van der Waals surface area (Å²) >= 11 is 0. The lowest BCUT2D eigenvalue weighted by atomic mass is 10.1. The smallest absolute Gasteiger partial charge is 0.387 e. The van der Waals surface area contributed by atoms with E-state index in [9.17, 15) is 8.78 Å². The monoisotopic (exact) mass is 336 g/mol. The van der Waals surface area contributed by atoms with E-state index in [2.05, 4.69) is 20.4 Å². The lowest BCUT2D eigenvalue weighted by Gasteiger charge is -2.15. The Morgan fingerprint density at radius 1 is 1.25 bits per heavy atom. The van der Waals surface area contributed by atoms with E-state index < -0.39 is 6.61 Å². The zero-order valence-corrected chi connectivity index (χ0v) is 14.0. The topological polar surface area (TPSA) is 50.6 Å². The van der Waals surface area contributed by atoms with Crippen molar-refractivity contribution in [1.29, 1.82) is 0 Å². The molecule has 5 nitrogen and oxygen atoms in total. The van der Waals surface area contributed by atoms with Crippen LogP contribution in [0, 0.1) is 6.92 Å². The summed E-state index contributed by atoms with van der Waals surface area (Å²) in [7, 11) is 3.62. The molecule has 2 rings (SSSR count). The fourth-order valence-corrected chi connectivity index (χ4v) is 2.31. The van der Waals surface area contributed by atoms with Crippen LogP contribution in [0.2, 0.25) is 0 Å². The van der Waals surface area contributed by atoms with Crippen molar-refractivity contribution < 1.29 is 13.5 Å². The quantitative estimate of drug-likeness (QED) is 0.630. The minimum Gasteiger partial charge on any atom is -0.434 e. The molecule has 0 atom stereocenters. The van der Waals surface area contributed by atoms with Gasteiger partial charge in [0.2, 0.25) is 0 Å². The number of aromatic nitrogens is 1. The van der Waals surface area contributed by atoms with Crippen LogP contribution < -0.4 is 15.4 Å². The van der Waals surface area contributed by atoms with Gasteiger partial charge < -0.3 is 19.9 Å². The third-order valence-corrected chi connectivity index (χ3v) is 3.46. The van der Waals surface area contributed by atoms with Crippen molar-refractivity contribution in [2.75, 3.05) is 7.05 Å². The second kappa shape index (κ2) is 8.33. The van der Waals surface area contributed by atoms with E-state index in [0.29, 0.717) is 24.6 Å². The molecule has 130 valence electrons.